The Morgan fingerprint density at radius 3 is 2.17 bits per heavy atom. The van der Waals surface area contributed by atoms with E-state index in [2.05, 4.69) is 22.3 Å². The fraction of sp³-hybridized carbons (Fsp3) is 0.381. The molecule has 0 unspecified atom stereocenters. The van der Waals surface area contributed by atoms with Crippen molar-refractivity contribution in [2.75, 3.05) is 46.3 Å². The van der Waals surface area contributed by atoms with Gasteiger partial charge >= 0.3 is 6.03 Å². The van der Waals surface area contributed by atoms with Gasteiger partial charge in [-0.2, -0.15) is 4.31 Å². The van der Waals surface area contributed by atoms with Crippen LogP contribution in [0.1, 0.15) is 5.56 Å². The first kappa shape index (κ1) is 21.3. The summed E-state index contributed by atoms with van der Waals surface area (Å²) in [6.07, 6.45) is 0. The first-order chi connectivity index (χ1) is 14.0. The van der Waals surface area contributed by atoms with Crippen molar-refractivity contribution in [1.82, 2.24) is 19.4 Å². The number of benzene rings is 2. The molecule has 2 aromatic carbocycles. The first-order valence-electron chi connectivity index (χ1n) is 9.77. The molecule has 2 aromatic rings. The van der Waals surface area contributed by atoms with Crippen LogP contribution in [-0.4, -0.2) is 74.9 Å². The Kier molecular flexibility index (Phi) is 7.24. The van der Waals surface area contributed by atoms with Crippen LogP contribution >= 0.6 is 0 Å². The highest BCUT2D eigenvalue weighted by Crippen LogP contribution is 2.17. The predicted octanol–water partition coefficient (Wildman–Crippen LogP) is 1.83. The zero-order chi connectivity index (χ0) is 20.7. The van der Waals surface area contributed by atoms with Gasteiger partial charge in [-0.1, -0.05) is 48.5 Å². The molecule has 7 nitrogen and oxygen atoms in total. The summed E-state index contributed by atoms with van der Waals surface area (Å²) in [6, 6.07) is 18.5. The van der Waals surface area contributed by atoms with E-state index in [1.807, 2.05) is 25.2 Å². The molecule has 2 amide bonds. The van der Waals surface area contributed by atoms with Crippen LogP contribution in [0.2, 0.25) is 0 Å². The predicted molar refractivity (Wildman–Crippen MR) is 113 cm³/mol. The summed E-state index contributed by atoms with van der Waals surface area (Å²) in [7, 11) is -1.48. The molecule has 29 heavy (non-hydrogen) atoms. The smallest absolute Gasteiger partial charge is 0.317 e. The van der Waals surface area contributed by atoms with Crippen LogP contribution in [-0.2, 0) is 16.6 Å². The normalized spacial score (nSPS) is 15.4. The van der Waals surface area contributed by atoms with Crippen LogP contribution in [0.4, 0.5) is 4.79 Å². The fourth-order valence-electron chi connectivity index (χ4n) is 3.31. The third-order valence-electron chi connectivity index (χ3n) is 4.97. The zero-order valence-corrected chi connectivity index (χ0v) is 17.5. The Bertz CT molecular complexity index is 883. The minimum absolute atomic E-state index is 0.144. The number of nitrogens with one attached hydrogen (secondary N) is 1. The second-order valence-electron chi connectivity index (χ2n) is 7.16. The molecule has 0 aliphatic carbocycles. The van der Waals surface area contributed by atoms with Crippen molar-refractivity contribution in [2.45, 2.75) is 11.4 Å². The van der Waals surface area contributed by atoms with Crippen molar-refractivity contribution in [3.63, 3.8) is 0 Å². The third kappa shape index (κ3) is 5.79. The number of carbonyl (C=O) groups excluding carboxylic acids is 1. The van der Waals surface area contributed by atoms with Gasteiger partial charge in [-0.15, -0.1) is 0 Å². The zero-order valence-electron chi connectivity index (χ0n) is 16.7. The molecular weight excluding hydrogens is 388 g/mol. The SMILES string of the molecule is CN(CCNC(=O)N1CCN(S(=O)(=O)c2ccccc2)CC1)Cc1ccccc1. The Balaban J connectivity index is 1.41. The van der Waals surface area contributed by atoms with Crippen molar-refractivity contribution in [1.29, 1.82) is 0 Å². The molecule has 0 spiro atoms. The van der Waals surface area contributed by atoms with Crippen molar-refractivity contribution in [3.05, 3.63) is 66.2 Å². The summed E-state index contributed by atoms with van der Waals surface area (Å²) in [5.41, 5.74) is 1.23. The molecule has 0 bridgehead atoms. The topological polar surface area (TPSA) is 73.0 Å². The third-order valence-corrected chi connectivity index (χ3v) is 6.88. The van der Waals surface area contributed by atoms with E-state index in [1.165, 1.54) is 9.87 Å². The average Bonchev–Trinajstić information content (AvgIpc) is 2.75. The number of sulfonamides is 1. The van der Waals surface area contributed by atoms with E-state index in [9.17, 15) is 13.2 Å². The van der Waals surface area contributed by atoms with Gasteiger partial charge in [-0.3, -0.25) is 0 Å². The van der Waals surface area contributed by atoms with Crippen LogP contribution in [0.15, 0.2) is 65.6 Å². The van der Waals surface area contributed by atoms with Crippen molar-refractivity contribution < 1.29 is 13.2 Å². The lowest BCUT2D eigenvalue weighted by Crippen LogP contribution is -2.53. The number of piperazine rings is 1. The largest absolute Gasteiger partial charge is 0.337 e. The summed E-state index contributed by atoms with van der Waals surface area (Å²) in [5.74, 6) is 0. The summed E-state index contributed by atoms with van der Waals surface area (Å²) in [4.78, 5) is 16.5. The van der Waals surface area contributed by atoms with Gasteiger partial charge in [0.2, 0.25) is 10.0 Å². The fourth-order valence-corrected chi connectivity index (χ4v) is 4.76. The van der Waals surface area contributed by atoms with E-state index in [0.29, 0.717) is 37.6 Å². The number of hydrogen-bond donors (Lipinski definition) is 1. The summed E-state index contributed by atoms with van der Waals surface area (Å²) in [5, 5.41) is 2.93. The maximum absolute atomic E-state index is 12.7. The van der Waals surface area contributed by atoms with Crippen LogP contribution < -0.4 is 5.32 Å². The molecule has 1 N–H and O–H groups in total. The quantitative estimate of drug-likeness (QED) is 0.748. The second-order valence-corrected chi connectivity index (χ2v) is 9.10. The standard InChI is InChI=1S/C21H28N4O3S/c1-23(18-19-8-4-2-5-9-19)13-12-22-21(26)24-14-16-25(17-15-24)29(27,28)20-10-6-3-7-11-20/h2-11H,12-18H2,1H3,(H,22,26). The van der Waals surface area contributed by atoms with Crippen molar-refractivity contribution >= 4 is 16.1 Å². The van der Waals surface area contributed by atoms with E-state index in [4.69, 9.17) is 0 Å². The molecule has 3 rings (SSSR count). The van der Waals surface area contributed by atoms with Gasteiger partial charge < -0.3 is 15.1 Å². The first-order valence-corrected chi connectivity index (χ1v) is 11.2. The minimum atomic E-state index is -3.50. The Morgan fingerprint density at radius 2 is 1.55 bits per heavy atom. The Labute approximate surface area is 173 Å². The highest BCUT2D eigenvalue weighted by Gasteiger charge is 2.29. The maximum atomic E-state index is 12.7. The van der Waals surface area contributed by atoms with Crippen LogP contribution in [0, 0.1) is 0 Å². The summed E-state index contributed by atoms with van der Waals surface area (Å²) < 4.78 is 26.8. The van der Waals surface area contributed by atoms with Gasteiger partial charge in [-0.05, 0) is 24.7 Å². The summed E-state index contributed by atoms with van der Waals surface area (Å²) >= 11 is 0. The number of rotatable bonds is 7. The number of hydrogen-bond acceptors (Lipinski definition) is 4. The monoisotopic (exact) mass is 416 g/mol. The number of likely N-dealkylation sites (N-methyl/N-ethyl adjacent to an activating group) is 1. The number of nitrogens with zero attached hydrogens (tertiary/aromatic N) is 3. The van der Waals surface area contributed by atoms with Crippen LogP contribution in [0.3, 0.4) is 0 Å². The van der Waals surface area contributed by atoms with E-state index in [1.54, 1.807) is 35.2 Å². The Hall–Kier alpha value is -2.42. The van der Waals surface area contributed by atoms with Gasteiger partial charge in [-0.25, -0.2) is 13.2 Å². The Morgan fingerprint density at radius 1 is 0.966 bits per heavy atom. The molecule has 156 valence electrons. The molecule has 1 fully saturated rings. The second kappa shape index (κ2) is 9.87. The van der Waals surface area contributed by atoms with Crippen LogP contribution in [0.5, 0.6) is 0 Å². The summed E-state index contributed by atoms with van der Waals surface area (Å²) in [6.45, 7) is 3.49. The van der Waals surface area contributed by atoms with E-state index >= 15 is 0 Å². The van der Waals surface area contributed by atoms with E-state index in [-0.39, 0.29) is 6.03 Å². The lowest BCUT2D eigenvalue weighted by Gasteiger charge is -2.34. The minimum Gasteiger partial charge on any atom is -0.337 e. The molecule has 1 aliphatic rings. The number of amides is 2. The maximum Gasteiger partial charge on any atom is 0.317 e. The van der Waals surface area contributed by atoms with Crippen molar-refractivity contribution in [2.24, 2.45) is 0 Å². The molecule has 0 aromatic heterocycles. The van der Waals surface area contributed by atoms with E-state index < -0.39 is 10.0 Å². The molecule has 1 heterocycles. The molecule has 8 heteroatoms. The molecule has 1 saturated heterocycles. The lowest BCUT2D eigenvalue weighted by atomic mass is 10.2. The van der Waals surface area contributed by atoms with E-state index in [0.717, 1.165) is 13.1 Å². The van der Waals surface area contributed by atoms with Gasteiger partial charge in [0, 0.05) is 45.8 Å². The highest BCUT2D eigenvalue weighted by atomic mass is 32.2. The highest BCUT2D eigenvalue weighted by molar-refractivity contribution is 7.89. The molecule has 0 atom stereocenters. The molecule has 0 radical (unpaired) electrons. The average molecular weight is 417 g/mol. The number of urea groups is 1. The molecule has 0 saturated carbocycles. The lowest BCUT2D eigenvalue weighted by molar-refractivity contribution is 0.171. The molecule has 1 aliphatic heterocycles. The van der Waals surface area contributed by atoms with Gasteiger partial charge in [0.15, 0.2) is 0 Å². The van der Waals surface area contributed by atoms with Gasteiger partial charge in [0.05, 0.1) is 4.90 Å². The van der Waals surface area contributed by atoms with Crippen molar-refractivity contribution in [3.8, 4) is 0 Å². The molecular formula is C21H28N4O3S. The number of carbonyl (C=O) groups is 1. The van der Waals surface area contributed by atoms with Gasteiger partial charge in [0.1, 0.15) is 0 Å². The van der Waals surface area contributed by atoms with Gasteiger partial charge in [0.25, 0.3) is 0 Å². The van der Waals surface area contributed by atoms with Crippen LogP contribution in [0.25, 0.3) is 0 Å².